The summed E-state index contributed by atoms with van der Waals surface area (Å²) in [5.74, 6) is -3.06. The fourth-order valence-corrected chi connectivity index (χ4v) is 5.85. The van der Waals surface area contributed by atoms with Gasteiger partial charge in [0.2, 0.25) is 29.5 Å². The van der Waals surface area contributed by atoms with Gasteiger partial charge in [-0.25, -0.2) is 0 Å². The Bertz CT molecular complexity index is 1680. The topological polar surface area (TPSA) is 250 Å². The van der Waals surface area contributed by atoms with E-state index >= 15 is 0 Å². The normalized spacial score (nSPS) is 13.2. The van der Waals surface area contributed by atoms with E-state index in [1.807, 2.05) is 66.7 Å². The Labute approximate surface area is 311 Å². The lowest BCUT2D eigenvalue weighted by Gasteiger charge is -2.26. The van der Waals surface area contributed by atoms with E-state index in [2.05, 4.69) is 48.9 Å². The quantitative estimate of drug-likeness (QED) is 0.0351. The van der Waals surface area contributed by atoms with E-state index in [4.69, 9.17) is 22.9 Å². The summed E-state index contributed by atoms with van der Waals surface area (Å²) in [5, 5.41) is 12.9. The first-order valence-corrected chi connectivity index (χ1v) is 17.9. The molecule has 0 heterocycles. The second-order valence-electron chi connectivity index (χ2n) is 12.3. The highest BCUT2D eigenvalue weighted by atomic mass is 127. The van der Waals surface area contributed by atoms with Crippen LogP contribution in [-0.4, -0.2) is 72.8 Å². The van der Waals surface area contributed by atoms with Crippen molar-refractivity contribution in [2.75, 3.05) is 13.1 Å². The minimum absolute atomic E-state index is 0.0761. The van der Waals surface area contributed by atoms with E-state index in [1.54, 1.807) is 0 Å². The van der Waals surface area contributed by atoms with Crippen LogP contribution < -0.4 is 44.2 Å². The number of hydrogen-bond donors (Lipinski definition) is 8. The van der Waals surface area contributed by atoms with Gasteiger partial charge in [0.15, 0.2) is 5.96 Å². The molecule has 3 aromatic rings. The number of rotatable bonds is 20. The number of halogens is 1. The van der Waals surface area contributed by atoms with Crippen LogP contribution >= 0.6 is 22.6 Å². The number of nitrogens with two attached hydrogens (primary N) is 4. The predicted molar refractivity (Wildman–Crippen MR) is 206 cm³/mol. The molecule has 51 heavy (non-hydrogen) atoms. The Morgan fingerprint density at radius 3 is 1.84 bits per heavy atom. The standard InChI is InChI=1S/C36H48IN9O5/c1-22(47)43-30(20-23-12-15-27(37)16-13-23)34(50)45-29(9-4-5-17-38)33(49)46-31(21-24-11-14-25-7-2-3-8-26(25)19-24)35(51)44-28(32(39)48)10-6-18-42-36(40)41/h2-3,7-8,11-16,19,28-31H,4-6,9-10,17-18,20-21,38H2,1H3,(H2,39,48)(H,43,47)(H,44,51)(H,45,50)(H,46,49)(H4,40,41,42)/t28-,29-,30+,31-/m0/s1. The van der Waals surface area contributed by atoms with Crippen molar-refractivity contribution in [1.29, 1.82) is 0 Å². The number of primary amides is 1. The van der Waals surface area contributed by atoms with Gasteiger partial charge in [-0.05, 0) is 95.3 Å². The van der Waals surface area contributed by atoms with Crippen molar-refractivity contribution in [3.8, 4) is 0 Å². The number of aliphatic imine (C=N–C) groups is 1. The Balaban J connectivity index is 1.87. The van der Waals surface area contributed by atoms with E-state index < -0.39 is 53.7 Å². The van der Waals surface area contributed by atoms with Gasteiger partial charge in [0, 0.05) is 29.9 Å². The molecule has 0 saturated heterocycles. The SMILES string of the molecule is CC(=O)N[C@H](Cc1ccc(I)cc1)C(=O)N[C@@H](CCCCN)C(=O)N[C@@H](Cc1ccc2ccccc2c1)C(=O)N[C@@H](CCCN=C(N)N)C(N)=O. The highest BCUT2D eigenvalue weighted by Gasteiger charge is 2.31. The summed E-state index contributed by atoms with van der Waals surface area (Å²) >= 11 is 2.18. The van der Waals surface area contributed by atoms with Crippen LogP contribution in [0.5, 0.6) is 0 Å². The largest absolute Gasteiger partial charge is 0.370 e. The van der Waals surface area contributed by atoms with Crippen LogP contribution in [0.3, 0.4) is 0 Å². The molecule has 0 spiro atoms. The zero-order valence-corrected chi connectivity index (χ0v) is 30.9. The van der Waals surface area contributed by atoms with Crippen LogP contribution in [0.25, 0.3) is 10.8 Å². The molecule has 0 aliphatic rings. The van der Waals surface area contributed by atoms with E-state index in [0.29, 0.717) is 25.8 Å². The summed E-state index contributed by atoms with van der Waals surface area (Å²) in [6, 6.07) is 16.7. The number of unbranched alkanes of at least 4 members (excludes halogenated alkanes) is 1. The lowest BCUT2D eigenvalue weighted by atomic mass is 9.99. The van der Waals surface area contributed by atoms with Crippen molar-refractivity contribution in [3.63, 3.8) is 0 Å². The Hall–Kier alpha value is -4.77. The van der Waals surface area contributed by atoms with Crippen LogP contribution in [0, 0.1) is 3.57 Å². The highest BCUT2D eigenvalue weighted by molar-refractivity contribution is 14.1. The Morgan fingerprint density at radius 1 is 0.667 bits per heavy atom. The maximum Gasteiger partial charge on any atom is 0.243 e. The summed E-state index contributed by atoms with van der Waals surface area (Å²) in [4.78, 5) is 69.7. The molecule has 12 N–H and O–H groups in total. The molecule has 274 valence electrons. The van der Waals surface area contributed by atoms with Crippen molar-refractivity contribution in [2.45, 2.75) is 76.0 Å². The third-order valence-corrected chi connectivity index (χ3v) is 8.84. The van der Waals surface area contributed by atoms with Crippen LogP contribution in [0.4, 0.5) is 0 Å². The van der Waals surface area contributed by atoms with Crippen molar-refractivity contribution < 1.29 is 24.0 Å². The van der Waals surface area contributed by atoms with Crippen LogP contribution in [-0.2, 0) is 36.8 Å². The minimum Gasteiger partial charge on any atom is -0.370 e. The number of nitrogens with zero attached hydrogens (tertiary/aromatic N) is 1. The first kappa shape index (κ1) is 40.7. The smallest absolute Gasteiger partial charge is 0.243 e. The molecule has 0 aromatic heterocycles. The van der Waals surface area contributed by atoms with E-state index in [-0.39, 0.29) is 38.2 Å². The molecule has 3 aromatic carbocycles. The van der Waals surface area contributed by atoms with E-state index in [1.165, 1.54) is 6.92 Å². The third-order valence-electron chi connectivity index (χ3n) is 8.12. The van der Waals surface area contributed by atoms with Gasteiger partial charge >= 0.3 is 0 Å². The molecule has 0 bridgehead atoms. The molecule has 0 radical (unpaired) electrons. The molecule has 3 rings (SSSR count). The highest BCUT2D eigenvalue weighted by Crippen LogP contribution is 2.17. The average molecular weight is 814 g/mol. The second kappa shape index (κ2) is 20.8. The summed E-state index contributed by atoms with van der Waals surface area (Å²) in [6.07, 6.45) is 2.13. The number of hydrogen-bond acceptors (Lipinski definition) is 7. The zero-order valence-electron chi connectivity index (χ0n) is 28.7. The number of carbonyl (C=O) groups excluding carboxylic acids is 5. The van der Waals surface area contributed by atoms with Crippen LogP contribution in [0.2, 0.25) is 0 Å². The van der Waals surface area contributed by atoms with Crippen LogP contribution in [0.1, 0.15) is 50.2 Å². The summed E-state index contributed by atoms with van der Waals surface area (Å²) in [6.45, 7) is 1.93. The summed E-state index contributed by atoms with van der Waals surface area (Å²) < 4.78 is 1.02. The number of nitrogens with one attached hydrogen (secondary N) is 4. The maximum atomic E-state index is 14.0. The van der Waals surface area contributed by atoms with Crippen molar-refractivity contribution in [3.05, 3.63) is 81.4 Å². The van der Waals surface area contributed by atoms with E-state index in [9.17, 15) is 24.0 Å². The second-order valence-corrected chi connectivity index (χ2v) is 13.5. The molecule has 0 fully saturated rings. The summed E-state index contributed by atoms with van der Waals surface area (Å²) in [7, 11) is 0. The first-order chi connectivity index (χ1) is 24.4. The number of benzene rings is 3. The Kier molecular flexibility index (Phi) is 16.6. The Morgan fingerprint density at radius 2 is 1.22 bits per heavy atom. The number of guanidine groups is 1. The molecule has 15 heteroatoms. The van der Waals surface area contributed by atoms with Crippen LogP contribution in [0.15, 0.2) is 71.7 Å². The molecule has 4 atom stereocenters. The minimum atomic E-state index is -1.15. The third kappa shape index (κ3) is 14.2. The van der Waals surface area contributed by atoms with Crippen molar-refractivity contribution >= 4 is 68.9 Å². The molecule has 5 amide bonds. The van der Waals surface area contributed by atoms with Gasteiger partial charge in [-0.3, -0.25) is 29.0 Å². The zero-order chi connectivity index (χ0) is 37.3. The number of carbonyl (C=O) groups is 5. The summed E-state index contributed by atoms with van der Waals surface area (Å²) in [5.41, 5.74) is 23.7. The molecule has 0 saturated carbocycles. The molecule has 0 aliphatic carbocycles. The predicted octanol–water partition coefficient (Wildman–Crippen LogP) is 0.857. The molecular weight excluding hydrogens is 765 g/mol. The van der Waals surface area contributed by atoms with Gasteiger partial charge < -0.3 is 44.2 Å². The van der Waals surface area contributed by atoms with Crippen molar-refractivity contribution in [1.82, 2.24) is 21.3 Å². The molecule has 0 aliphatic heterocycles. The fraction of sp³-hybridized carbons (Fsp3) is 0.389. The van der Waals surface area contributed by atoms with E-state index in [0.717, 1.165) is 25.5 Å². The number of amides is 5. The van der Waals surface area contributed by atoms with Gasteiger partial charge in [0.25, 0.3) is 0 Å². The maximum absolute atomic E-state index is 14.0. The van der Waals surface area contributed by atoms with Gasteiger partial charge in [-0.1, -0.05) is 54.6 Å². The monoisotopic (exact) mass is 813 g/mol. The molecule has 0 unspecified atom stereocenters. The lowest BCUT2D eigenvalue weighted by Crippen LogP contribution is -2.58. The van der Waals surface area contributed by atoms with Gasteiger partial charge in [-0.15, -0.1) is 0 Å². The van der Waals surface area contributed by atoms with Gasteiger partial charge in [-0.2, -0.15) is 0 Å². The fourth-order valence-electron chi connectivity index (χ4n) is 5.49. The number of fused-ring (bicyclic) bond motifs is 1. The average Bonchev–Trinajstić information content (AvgIpc) is 3.08. The molecular formula is C36H48IN9O5. The van der Waals surface area contributed by atoms with Gasteiger partial charge in [0.05, 0.1) is 0 Å². The first-order valence-electron chi connectivity index (χ1n) is 16.8. The lowest BCUT2D eigenvalue weighted by molar-refractivity contribution is -0.134. The molecule has 14 nitrogen and oxygen atoms in total. The van der Waals surface area contributed by atoms with Gasteiger partial charge in [0.1, 0.15) is 24.2 Å². The van der Waals surface area contributed by atoms with Crippen molar-refractivity contribution in [2.24, 2.45) is 27.9 Å².